The lowest BCUT2D eigenvalue weighted by atomic mass is 9.75. The highest BCUT2D eigenvalue weighted by Crippen LogP contribution is 2.49. The van der Waals surface area contributed by atoms with Crippen molar-refractivity contribution in [1.82, 2.24) is 0 Å². The van der Waals surface area contributed by atoms with E-state index in [4.69, 9.17) is 11.6 Å². The number of fused-ring (bicyclic) bond motifs is 2. The van der Waals surface area contributed by atoms with E-state index in [0.717, 1.165) is 29.2 Å². The SMILES string of the molecule is CCc1ccc(-c2ccc(Cl)cc2)cc1C1CC2CCC(C2)C1. The fourth-order valence-electron chi connectivity index (χ4n) is 4.88. The molecule has 0 nitrogen and oxygen atoms in total. The maximum Gasteiger partial charge on any atom is 0.0406 e. The van der Waals surface area contributed by atoms with Gasteiger partial charge in [-0.3, -0.25) is 0 Å². The van der Waals surface area contributed by atoms with Gasteiger partial charge in [0, 0.05) is 5.02 Å². The number of hydrogen-bond acceptors (Lipinski definition) is 0. The van der Waals surface area contributed by atoms with Crippen molar-refractivity contribution in [3.63, 3.8) is 0 Å². The zero-order valence-corrected chi connectivity index (χ0v) is 14.7. The van der Waals surface area contributed by atoms with Gasteiger partial charge in [-0.2, -0.15) is 0 Å². The molecule has 2 saturated carbocycles. The Labute approximate surface area is 144 Å². The summed E-state index contributed by atoms with van der Waals surface area (Å²) in [6, 6.07) is 15.4. The Morgan fingerprint density at radius 2 is 1.52 bits per heavy atom. The fourth-order valence-corrected chi connectivity index (χ4v) is 5.01. The maximum atomic E-state index is 6.04. The van der Waals surface area contributed by atoms with Gasteiger partial charge in [0.2, 0.25) is 0 Å². The van der Waals surface area contributed by atoms with E-state index < -0.39 is 0 Å². The van der Waals surface area contributed by atoms with Crippen molar-refractivity contribution >= 4 is 11.6 Å². The molecule has 0 aliphatic heterocycles. The Bertz CT molecular complexity index is 674. The van der Waals surface area contributed by atoms with E-state index in [-0.39, 0.29) is 0 Å². The fraction of sp³-hybridized carbons (Fsp3) is 0.455. The van der Waals surface area contributed by atoms with E-state index in [0.29, 0.717) is 0 Å². The normalized spacial score (nSPS) is 26.4. The molecule has 2 aliphatic carbocycles. The molecule has 2 aliphatic rings. The highest BCUT2D eigenvalue weighted by molar-refractivity contribution is 6.30. The van der Waals surface area contributed by atoms with Crippen LogP contribution in [0, 0.1) is 11.8 Å². The third kappa shape index (κ3) is 3.06. The van der Waals surface area contributed by atoms with Gasteiger partial charge in [0.25, 0.3) is 0 Å². The average molecular weight is 325 g/mol. The van der Waals surface area contributed by atoms with Crippen LogP contribution in [0.1, 0.15) is 56.1 Å². The predicted octanol–water partition coefficient (Wildman–Crippen LogP) is 6.86. The smallest absolute Gasteiger partial charge is 0.0406 e. The number of aryl methyl sites for hydroxylation is 1. The zero-order valence-electron chi connectivity index (χ0n) is 13.9. The molecular formula is C22H25Cl. The Hall–Kier alpha value is -1.27. The molecule has 120 valence electrons. The lowest BCUT2D eigenvalue weighted by Gasteiger charge is -2.30. The molecular weight excluding hydrogens is 300 g/mol. The average Bonchev–Trinajstić information content (AvgIpc) is 2.93. The Balaban J connectivity index is 1.70. The van der Waals surface area contributed by atoms with Crippen molar-refractivity contribution in [3.05, 3.63) is 58.6 Å². The van der Waals surface area contributed by atoms with Crippen LogP contribution in [0.4, 0.5) is 0 Å². The number of benzene rings is 2. The van der Waals surface area contributed by atoms with Gasteiger partial charge < -0.3 is 0 Å². The van der Waals surface area contributed by atoms with Crippen molar-refractivity contribution in [2.75, 3.05) is 0 Å². The van der Waals surface area contributed by atoms with Crippen LogP contribution in [0.2, 0.25) is 5.02 Å². The van der Waals surface area contributed by atoms with E-state index in [1.54, 1.807) is 11.1 Å². The maximum absolute atomic E-state index is 6.04. The lowest BCUT2D eigenvalue weighted by molar-refractivity contribution is 0.319. The molecule has 0 radical (unpaired) electrons. The van der Waals surface area contributed by atoms with E-state index in [1.165, 1.54) is 43.2 Å². The molecule has 0 spiro atoms. The lowest BCUT2D eigenvalue weighted by Crippen LogP contribution is -2.15. The summed E-state index contributed by atoms with van der Waals surface area (Å²) in [5.74, 6) is 2.76. The molecule has 2 atom stereocenters. The van der Waals surface area contributed by atoms with Crippen molar-refractivity contribution in [2.24, 2.45) is 11.8 Å². The van der Waals surface area contributed by atoms with Gasteiger partial charge in [-0.05, 0) is 77.8 Å². The van der Waals surface area contributed by atoms with Crippen LogP contribution in [-0.4, -0.2) is 0 Å². The molecule has 2 fully saturated rings. The minimum atomic E-state index is 0.781. The third-order valence-corrected chi connectivity index (χ3v) is 6.28. The largest absolute Gasteiger partial charge is 0.0843 e. The number of rotatable bonds is 3. The molecule has 2 aromatic carbocycles. The monoisotopic (exact) mass is 324 g/mol. The Morgan fingerprint density at radius 1 is 0.870 bits per heavy atom. The van der Waals surface area contributed by atoms with E-state index in [9.17, 15) is 0 Å². The van der Waals surface area contributed by atoms with Crippen molar-refractivity contribution < 1.29 is 0 Å². The van der Waals surface area contributed by atoms with Crippen LogP contribution in [0.25, 0.3) is 11.1 Å². The molecule has 2 bridgehead atoms. The van der Waals surface area contributed by atoms with Crippen LogP contribution in [0.5, 0.6) is 0 Å². The minimum absolute atomic E-state index is 0.781. The first-order valence-corrected chi connectivity index (χ1v) is 9.49. The molecule has 0 N–H and O–H groups in total. The second-order valence-electron chi connectivity index (χ2n) is 7.49. The van der Waals surface area contributed by atoms with Gasteiger partial charge in [0.1, 0.15) is 0 Å². The third-order valence-electron chi connectivity index (χ3n) is 6.03. The van der Waals surface area contributed by atoms with Crippen LogP contribution in [-0.2, 0) is 6.42 Å². The summed E-state index contributed by atoms with van der Waals surface area (Å²) in [6.45, 7) is 2.29. The highest BCUT2D eigenvalue weighted by atomic mass is 35.5. The van der Waals surface area contributed by atoms with E-state index >= 15 is 0 Å². The van der Waals surface area contributed by atoms with Crippen molar-refractivity contribution in [1.29, 1.82) is 0 Å². The second kappa shape index (κ2) is 6.32. The van der Waals surface area contributed by atoms with Crippen molar-refractivity contribution in [2.45, 2.75) is 51.4 Å². The highest BCUT2D eigenvalue weighted by Gasteiger charge is 2.35. The number of hydrogen-bond donors (Lipinski definition) is 0. The summed E-state index contributed by atoms with van der Waals surface area (Å²) in [5, 5.41) is 0.808. The zero-order chi connectivity index (χ0) is 15.8. The van der Waals surface area contributed by atoms with Gasteiger partial charge in [-0.1, -0.05) is 61.7 Å². The molecule has 2 unspecified atom stereocenters. The standard InChI is InChI=1S/C22H25Cl/c1-2-17-5-6-19(18-7-9-21(23)10-8-18)14-22(17)20-12-15-3-4-16(11-15)13-20/h5-10,14-16,20H,2-4,11-13H2,1H3. The molecule has 23 heavy (non-hydrogen) atoms. The van der Waals surface area contributed by atoms with E-state index in [2.05, 4.69) is 37.3 Å². The first kappa shape index (κ1) is 15.3. The molecule has 4 rings (SSSR count). The van der Waals surface area contributed by atoms with Gasteiger partial charge in [-0.15, -0.1) is 0 Å². The van der Waals surface area contributed by atoms with Gasteiger partial charge in [-0.25, -0.2) is 0 Å². The molecule has 0 aromatic heterocycles. The van der Waals surface area contributed by atoms with E-state index in [1.807, 2.05) is 12.1 Å². The summed E-state index contributed by atoms with van der Waals surface area (Å²) in [4.78, 5) is 0. The summed E-state index contributed by atoms with van der Waals surface area (Å²) < 4.78 is 0. The Kier molecular flexibility index (Phi) is 4.20. The van der Waals surface area contributed by atoms with Gasteiger partial charge in [0.15, 0.2) is 0 Å². The first-order chi connectivity index (χ1) is 11.2. The van der Waals surface area contributed by atoms with Crippen LogP contribution >= 0.6 is 11.6 Å². The minimum Gasteiger partial charge on any atom is -0.0843 e. The molecule has 2 aromatic rings. The Morgan fingerprint density at radius 3 is 2.17 bits per heavy atom. The summed E-state index contributed by atoms with van der Waals surface area (Å²) in [7, 11) is 0. The van der Waals surface area contributed by atoms with Crippen LogP contribution in [0.15, 0.2) is 42.5 Å². The summed E-state index contributed by atoms with van der Waals surface area (Å²) >= 11 is 6.04. The van der Waals surface area contributed by atoms with Crippen molar-refractivity contribution in [3.8, 4) is 11.1 Å². The molecule has 0 heterocycles. The predicted molar refractivity (Wildman–Crippen MR) is 99.1 cm³/mol. The van der Waals surface area contributed by atoms with Gasteiger partial charge in [0.05, 0.1) is 0 Å². The molecule has 0 saturated heterocycles. The van der Waals surface area contributed by atoms with Crippen LogP contribution < -0.4 is 0 Å². The number of halogens is 1. The molecule has 0 amide bonds. The summed E-state index contributed by atoms with van der Waals surface area (Å²) in [6.07, 6.45) is 8.40. The topological polar surface area (TPSA) is 0 Å². The van der Waals surface area contributed by atoms with Crippen LogP contribution in [0.3, 0.4) is 0 Å². The second-order valence-corrected chi connectivity index (χ2v) is 7.92. The quantitative estimate of drug-likeness (QED) is 0.578. The first-order valence-electron chi connectivity index (χ1n) is 9.11. The summed E-state index contributed by atoms with van der Waals surface area (Å²) in [5.41, 5.74) is 5.79. The van der Waals surface area contributed by atoms with Gasteiger partial charge >= 0.3 is 0 Å². The molecule has 1 heteroatoms.